The molecule has 2 amide bonds. The molecule has 0 radical (unpaired) electrons. The minimum Gasteiger partial charge on any atom is -0.396 e. The van der Waals surface area contributed by atoms with Crippen molar-refractivity contribution >= 4 is 17.5 Å². The molecule has 0 aromatic heterocycles. The highest BCUT2D eigenvalue weighted by atomic mass is 16.3. The molecule has 6 heteroatoms. The van der Waals surface area contributed by atoms with E-state index in [1.807, 2.05) is 29.2 Å². The van der Waals surface area contributed by atoms with Crippen LogP contribution in [0.15, 0.2) is 24.3 Å². The number of benzene rings is 1. The summed E-state index contributed by atoms with van der Waals surface area (Å²) in [5.74, 6) is 0.172. The molecule has 136 valence electrons. The van der Waals surface area contributed by atoms with Crippen molar-refractivity contribution in [3.63, 3.8) is 0 Å². The van der Waals surface area contributed by atoms with E-state index in [2.05, 4.69) is 17.6 Å². The van der Waals surface area contributed by atoms with Gasteiger partial charge in [0.1, 0.15) is 0 Å². The highest BCUT2D eigenvalue weighted by Gasteiger charge is 2.50. The summed E-state index contributed by atoms with van der Waals surface area (Å²) in [6, 6.07) is 7.76. The van der Waals surface area contributed by atoms with Crippen LogP contribution in [0.1, 0.15) is 25.3 Å². The highest BCUT2D eigenvalue weighted by Crippen LogP contribution is 2.38. The van der Waals surface area contributed by atoms with Gasteiger partial charge in [-0.15, -0.1) is 0 Å². The molecule has 0 spiro atoms. The third kappa shape index (κ3) is 3.85. The topological polar surface area (TPSA) is 81.7 Å². The molecular weight excluding hydrogens is 318 g/mol. The second-order valence-electron chi connectivity index (χ2n) is 7.22. The zero-order chi connectivity index (χ0) is 17.9. The first kappa shape index (κ1) is 17.9. The number of carbonyl (C=O) groups is 2. The molecule has 3 N–H and O–H groups in total. The summed E-state index contributed by atoms with van der Waals surface area (Å²) in [6.45, 7) is 5.03. The maximum Gasteiger partial charge on any atom is 0.224 e. The van der Waals surface area contributed by atoms with E-state index >= 15 is 0 Å². The van der Waals surface area contributed by atoms with Gasteiger partial charge in [0, 0.05) is 50.1 Å². The summed E-state index contributed by atoms with van der Waals surface area (Å²) >= 11 is 0. The van der Waals surface area contributed by atoms with Crippen LogP contribution in [0.3, 0.4) is 0 Å². The lowest BCUT2D eigenvalue weighted by Gasteiger charge is -2.25. The summed E-state index contributed by atoms with van der Waals surface area (Å²) in [5, 5.41) is 15.9. The number of hydrogen-bond donors (Lipinski definition) is 3. The molecule has 1 aromatic carbocycles. The van der Waals surface area contributed by atoms with Gasteiger partial charge in [-0.2, -0.15) is 0 Å². The van der Waals surface area contributed by atoms with Gasteiger partial charge in [-0.05, 0) is 30.0 Å². The Morgan fingerprint density at radius 1 is 1.40 bits per heavy atom. The molecule has 3 rings (SSSR count). The number of anilines is 1. The lowest BCUT2D eigenvalue weighted by molar-refractivity contribution is -0.132. The number of likely N-dealkylation sites (tertiary alicyclic amines) is 1. The zero-order valence-corrected chi connectivity index (χ0v) is 14.8. The number of rotatable bonds is 6. The Bertz CT molecular complexity index is 649. The lowest BCUT2D eigenvalue weighted by atomic mass is 9.82. The second-order valence-corrected chi connectivity index (χ2v) is 7.22. The fourth-order valence-corrected chi connectivity index (χ4v) is 3.91. The van der Waals surface area contributed by atoms with Gasteiger partial charge in [-0.1, -0.05) is 19.1 Å². The minimum atomic E-state index is -0.196. The third-order valence-electron chi connectivity index (χ3n) is 5.53. The van der Waals surface area contributed by atoms with Crippen molar-refractivity contribution in [1.29, 1.82) is 0 Å². The van der Waals surface area contributed by atoms with Crippen LogP contribution in [-0.4, -0.2) is 54.6 Å². The van der Waals surface area contributed by atoms with Gasteiger partial charge in [0.05, 0.1) is 6.61 Å². The molecule has 2 atom stereocenters. The van der Waals surface area contributed by atoms with E-state index in [4.69, 9.17) is 0 Å². The minimum absolute atomic E-state index is 0.000293. The number of nitrogens with one attached hydrogen (secondary N) is 2. The van der Waals surface area contributed by atoms with Gasteiger partial charge in [0.2, 0.25) is 11.8 Å². The average molecular weight is 345 g/mol. The number of aliphatic hydroxyl groups excluding tert-OH is 1. The first-order valence-electron chi connectivity index (χ1n) is 9.04. The number of aliphatic hydroxyl groups is 1. The largest absolute Gasteiger partial charge is 0.396 e. The number of hydrogen-bond acceptors (Lipinski definition) is 4. The molecule has 2 aliphatic heterocycles. The van der Waals surface area contributed by atoms with Crippen molar-refractivity contribution in [3.05, 3.63) is 29.8 Å². The molecule has 2 aliphatic rings. The first-order valence-corrected chi connectivity index (χ1v) is 9.04. The molecule has 6 nitrogen and oxygen atoms in total. The molecule has 1 aromatic rings. The number of nitrogens with zero attached hydrogens (tertiary/aromatic N) is 1. The monoisotopic (exact) mass is 345 g/mol. The van der Waals surface area contributed by atoms with Crippen LogP contribution in [0.5, 0.6) is 0 Å². The summed E-state index contributed by atoms with van der Waals surface area (Å²) in [4.78, 5) is 26.4. The predicted molar refractivity (Wildman–Crippen MR) is 96.1 cm³/mol. The summed E-state index contributed by atoms with van der Waals surface area (Å²) in [6.07, 6.45) is 1.31. The summed E-state index contributed by atoms with van der Waals surface area (Å²) < 4.78 is 0. The molecule has 2 heterocycles. The van der Waals surface area contributed by atoms with Crippen molar-refractivity contribution in [2.75, 3.05) is 38.1 Å². The molecule has 0 aliphatic carbocycles. The van der Waals surface area contributed by atoms with Gasteiger partial charge in [0.15, 0.2) is 0 Å². The van der Waals surface area contributed by atoms with Gasteiger partial charge < -0.3 is 20.6 Å². The molecule has 2 saturated heterocycles. The van der Waals surface area contributed by atoms with Crippen LogP contribution in [0, 0.1) is 11.3 Å². The van der Waals surface area contributed by atoms with E-state index in [9.17, 15) is 14.7 Å². The van der Waals surface area contributed by atoms with E-state index in [0.29, 0.717) is 19.0 Å². The van der Waals surface area contributed by atoms with Crippen LogP contribution in [-0.2, 0) is 16.0 Å². The molecule has 25 heavy (non-hydrogen) atoms. The zero-order valence-electron chi connectivity index (χ0n) is 14.8. The second kappa shape index (κ2) is 7.54. The van der Waals surface area contributed by atoms with E-state index in [-0.39, 0.29) is 36.7 Å². The van der Waals surface area contributed by atoms with Crippen LogP contribution < -0.4 is 10.6 Å². The maximum atomic E-state index is 12.4. The molecule has 2 unspecified atom stereocenters. The fraction of sp³-hybridized carbons (Fsp3) is 0.579. The van der Waals surface area contributed by atoms with Gasteiger partial charge in [-0.25, -0.2) is 0 Å². The Kier molecular flexibility index (Phi) is 5.39. The van der Waals surface area contributed by atoms with Crippen molar-refractivity contribution in [1.82, 2.24) is 10.2 Å². The molecular formula is C19H27N3O3. The SMILES string of the molecule is CCc1cccc(NC(=O)CCC(=O)N2CC3CNCC3(CO)C2)c1. The van der Waals surface area contributed by atoms with Gasteiger partial charge in [-0.3, -0.25) is 9.59 Å². The first-order chi connectivity index (χ1) is 12.1. The van der Waals surface area contributed by atoms with Crippen molar-refractivity contribution in [2.45, 2.75) is 26.2 Å². The maximum absolute atomic E-state index is 12.4. The van der Waals surface area contributed by atoms with E-state index < -0.39 is 0 Å². The van der Waals surface area contributed by atoms with E-state index in [1.54, 1.807) is 0 Å². The molecule has 0 bridgehead atoms. The summed E-state index contributed by atoms with van der Waals surface area (Å²) in [7, 11) is 0. The molecule has 2 fully saturated rings. The Morgan fingerprint density at radius 3 is 2.96 bits per heavy atom. The van der Waals surface area contributed by atoms with Crippen LogP contribution in [0.2, 0.25) is 0 Å². The number of aryl methyl sites for hydroxylation is 1. The Labute approximate surface area is 148 Å². The van der Waals surface area contributed by atoms with Crippen LogP contribution in [0.4, 0.5) is 5.69 Å². The van der Waals surface area contributed by atoms with Gasteiger partial charge in [0.25, 0.3) is 0 Å². The standard InChI is InChI=1S/C19H27N3O3/c1-2-14-4-3-5-16(8-14)21-17(24)6-7-18(25)22-10-15-9-20-11-19(15,12-22)13-23/h3-5,8,15,20,23H,2,6-7,9-13H2,1H3,(H,21,24). The quantitative estimate of drug-likeness (QED) is 0.719. The fourth-order valence-electron chi connectivity index (χ4n) is 3.91. The smallest absolute Gasteiger partial charge is 0.224 e. The lowest BCUT2D eigenvalue weighted by Crippen LogP contribution is -2.38. The third-order valence-corrected chi connectivity index (χ3v) is 5.53. The summed E-state index contributed by atoms with van der Waals surface area (Å²) in [5.41, 5.74) is 1.75. The average Bonchev–Trinajstić information content (AvgIpc) is 3.17. The Morgan fingerprint density at radius 2 is 2.24 bits per heavy atom. The van der Waals surface area contributed by atoms with Crippen molar-refractivity contribution in [2.24, 2.45) is 11.3 Å². The van der Waals surface area contributed by atoms with Crippen molar-refractivity contribution < 1.29 is 14.7 Å². The van der Waals surface area contributed by atoms with Gasteiger partial charge >= 0.3 is 0 Å². The number of fused-ring (bicyclic) bond motifs is 1. The highest BCUT2D eigenvalue weighted by molar-refractivity contribution is 5.93. The number of amides is 2. The predicted octanol–water partition coefficient (Wildman–Crippen LogP) is 1.01. The van der Waals surface area contributed by atoms with Crippen LogP contribution >= 0.6 is 0 Å². The Hall–Kier alpha value is -1.92. The van der Waals surface area contributed by atoms with Crippen LogP contribution in [0.25, 0.3) is 0 Å². The molecule has 0 saturated carbocycles. The Balaban J connectivity index is 1.48. The van der Waals surface area contributed by atoms with Crippen molar-refractivity contribution in [3.8, 4) is 0 Å². The number of carbonyl (C=O) groups excluding carboxylic acids is 2. The normalized spacial score (nSPS) is 25.0. The van der Waals surface area contributed by atoms with E-state index in [1.165, 1.54) is 5.56 Å². The van der Waals surface area contributed by atoms with E-state index in [0.717, 1.165) is 25.2 Å².